The molecule has 0 atom stereocenters. The lowest BCUT2D eigenvalue weighted by atomic mass is 10.2. The number of halogens is 1. The van der Waals surface area contributed by atoms with Crippen LogP contribution in [0.3, 0.4) is 0 Å². The van der Waals surface area contributed by atoms with Crippen molar-refractivity contribution in [2.45, 2.75) is 6.92 Å². The molecule has 7 nitrogen and oxygen atoms in total. The van der Waals surface area contributed by atoms with E-state index < -0.39 is 10.9 Å². The largest absolute Gasteiger partial charge is 0.476 e. The normalized spacial score (nSPS) is 10.4. The zero-order chi connectivity index (χ0) is 14.2. The van der Waals surface area contributed by atoms with E-state index in [2.05, 4.69) is 5.10 Å². The zero-order valence-corrected chi connectivity index (χ0v) is 10.5. The van der Waals surface area contributed by atoms with Crippen molar-refractivity contribution in [3.8, 4) is 5.69 Å². The maximum absolute atomic E-state index is 10.7. The number of carboxylic acid groups (broad SMARTS) is 1. The molecule has 0 aliphatic carbocycles. The number of aryl methyl sites for hydroxylation is 1. The Kier molecular flexibility index (Phi) is 3.22. The molecule has 1 heterocycles. The summed E-state index contributed by atoms with van der Waals surface area (Å²) in [5.74, 6) is -1.15. The predicted octanol–water partition coefficient (Wildman–Crippen LogP) is 2.44. The van der Waals surface area contributed by atoms with Gasteiger partial charge in [-0.25, -0.2) is 9.48 Å². The molecule has 8 heteroatoms. The summed E-state index contributed by atoms with van der Waals surface area (Å²) in [6.45, 7) is 1.65. The van der Waals surface area contributed by atoms with E-state index in [9.17, 15) is 14.9 Å². The number of rotatable bonds is 3. The van der Waals surface area contributed by atoms with Crippen LogP contribution in [0, 0.1) is 17.0 Å². The van der Waals surface area contributed by atoms with Crippen molar-refractivity contribution >= 4 is 23.3 Å². The molecule has 0 aliphatic rings. The third-order valence-corrected chi connectivity index (χ3v) is 2.82. The first-order valence-corrected chi connectivity index (χ1v) is 5.52. The topological polar surface area (TPSA) is 98.3 Å². The molecule has 98 valence electrons. The van der Waals surface area contributed by atoms with Gasteiger partial charge in [0.2, 0.25) is 0 Å². The van der Waals surface area contributed by atoms with Crippen molar-refractivity contribution in [2.75, 3.05) is 0 Å². The van der Waals surface area contributed by atoms with Crippen LogP contribution in [0.4, 0.5) is 5.69 Å². The molecule has 0 unspecified atom stereocenters. The van der Waals surface area contributed by atoms with Gasteiger partial charge in [-0.2, -0.15) is 5.10 Å². The van der Waals surface area contributed by atoms with Crippen LogP contribution in [-0.4, -0.2) is 25.8 Å². The molecule has 0 saturated heterocycles. The minimum Gasteiger partial charge on any atom is -0.476 e. The van der Waals surface area contributed by atoms with E-state index >= 15 is 0 Å². The number of hydrogen-bond donors (Lipinski definition) is 1. The summed E-state index contributed by atoms with van der Waals surface area (Å²) in [6.07, 6.45) is 1.45. The van der Waals surface area contributed by atoms with Crippen LogP contribution < -0.4 is 0 Å². The second-order valence-corrected chi connectivity index (χ2v) is 4.21. The molecule has 0 saturated carbocycles. The number of aromatic carboxylic acids is 1. The van der Waals surface area contributed by atoms with Crippen molar-refractivity contribution in [1.82, 2.24) is 9.78 Å². The smallest absolute Gasteiger partial charge is 0.356 e. The Labute approximate surface area is 112 Å². The highest BCUT2D eigenvalue weighted by Crippen LogP contribution is 2.29. The van der Waals surface area contributed by atoms with E-state index in [1.165, 1.54) is 29.1 Å². The van der Waals surface area contributed by atoms with E-state index in [0.717, 1.165) is 0 Å². The van der Waals surface area contributed by atoms with Crippen molar-refractivity contribution in [2.24, 2.45) is 0 Å². The molecule has 1 N–H and O–H groups in total. The minimum atomic E-state index is -1.15. The molecule has 0 fully saturated rings. The lowest BCUT2D eigenvalue weighted by Gasteiger charge is -2.06. The Balaban J connectivity index is 2.53. The van der Waals surface area contributed by atoms with E-state index in [0.29, 0.717) is 11.3 Å². The minimum absolute atomic E-state index is 0.0297. The Bertz CT molecular complexity index is 681. The molecule has 2 rings (SSSR count). The van der Waals surface area contributed by atoms with Crippen LogP contribution in [0.5, 0.6) is 0 Å². The number of nitro benzene ring substituents is 1. The first kappa shape index (κ1) is 13.0. The fraction of sp³-hybridized carbons (Fsp3) is 0.0909. The molecule has 0 amide bonds. The Morgan fingerprint density at radius 1 is 1.53 bits per heavy atom. The standard InChI is InChI=1S/C11H8ClN3O4/c1-6-4-10(15(18)19)7(12)5-9(6)14-3-2-8(13-14)11(16)17/h2-5H,1H3,(H,16,17). The fourth-order valence-corrected chi connectivity index (χ4v) is 1.84. The molecule has 0 spiro atoms. The maximum atomic E-state index is 10.7. The number of nitrogens with zero attached hydrogens (tertiary/aromatic N) is 3. The SMILES string of the molecule is Cc1cc([N+](=O)[O-])c(Cl)cc1-n1ccc(C(=O)O)n1. The van der Waals surface area contributed by atoms with Gasteiger partial charge in [0, 0.05) is 12.3 Å². The highest BCUT2D eigenvalue weighted by Gasteiger charge is 2.17. The third-order valence-electron chi connectivity index (χ3n) is 2.52. The van der Waals surface area contributed by atoms with Crippen LogP contribution in [0.15, 0.2) is 24.4 Å². The van der Waals surface area contributed by atoms with E-state index in [-0.39, 0.29) is 16.4 Å². The Morgan fingerprint density at radius 3 is 2.74 bits per heavy atom. The summed E-state index contributed by atoms with van der Waals surface area (Å²) in [6, 6.07) is 4.03. The predicted molar refractivity (Wildman–Crippen MR) is 66.9 cm³/mol. The quantitative estimate of drug-likeness (QED) is 0.688. The molecule has 0 aliphatic heterocycles. The number of benzene rings is 1. The molecule has 2 aromatic rings. The average molecular weight is 282 g/mol. The van der Waals surface area contributed by atoms with Gasteiger partial charge in [0.25, 0.3) is 5.69 Å². The maximum Gasteiger partial charge on any atom is 0.356 e. The zero-order valence-electron chi connectivity index (χ0n) is 9.70. The van der Waals surface area contributed by atoms with Gasteiger partial charge in [-0.15, -0.1) is 0 Å². The Hall–Kier alpha value is -2.41. The van der Waals surface area contributed by atoms with Gasteiger partial charge in [-0.05, 0) is 24.6 Å². The second kappa shape index (κ2) is 4.69. The van der Waals surface area contributed by atoms with Crippen LogP contribution >= 0.6 is 11.6 Å². The van der Waals surface area contributed by atoms with E-state index in [1.54, 1.807) is 6.92 Å². The number of carboxylic acids is 1. The number of carbonyl (C=O) groups is 1. The number of aromatic nitrogens is 2. The van der Waals surface area contributed by atoms with Gasteiger partial charge < -0.3 is 5.11 Å². The van der Waals surface area contributed by atoms with Gasteiger partial charge in [0.1, 0.15) is 5.02 Å². The van der Waals surface area contributed by atoms with Gasteiger partial charge >= 0.3 is 5.97 Å². The molecular formula is C11H8ClN3O4. The van der Waals surface area contributed by atoms with Crippen molar-refractivity contribution in [1.29, 1.82) is 0 Å². The molecule has 1 aromatic heterocycles. The summed E-state index contributed by atoms with van der Waals surface area (Å²) in [7, 11) is 0. The van der Waals surface area contributed by atoms with Gasteiger partial charge in [0.05, 0.1) is 10.6 Å². The summed E-state index contributed by atoms with van der Waals surface area (Å²) >= 11 is 5.82. The fourth-order valence-electron chi connectivity index (χ4n) is 1.61. The summed E-state index contributed by atoms with van der Waals surface area (Å²) in [5, 5.41) is 23.3. The van der Waals surface area contributed by atoms with Gasteiger partial charge in [0.15, 0.2) is 5.69 Å². The molecular weight excluding hydrogens is 274 g/mol. The Morgan fingerprint density at radius 2 is 2.21 bits per heavy atom. The summed E-state index contributed by atoms with van der Waals surface area (Å²) < 4.78 is 1.31. The average Bonchev–Trinajstić information content (AvgIpc) is 2.80. The number of nitro groups is 1. The highest BCUT2D eigenvalue weighted by molar-refractivity contribution is 6.32. The molecule has 0 bridgehead atoms. The monoisotopic (exact) mass is 281 g/mol. The molecule has 1 aromatic carbocycles. The summed E-state index contributed by atoms with van der Waals surface area (Å²) in [5.41, 5.74) is 0.738. The van der Waals surface area contributed by atoms with Gasteiger partial charge in [-0.3, -0.25) is 10.1 Å². The van der Waals surface area contributed by atoms with Crippen molar-refractivity contribution in [3.05, 3.63) is 50.8 Å². The van der Waals surface area contributed by atoms with Crippen LogP contribution in [0.1, 0.15) is 16.1 Å². The molecule has 0 radical (unpaired) electrons. The lowest BCUT2D eigenvalue weighted by Crippen LogP contribution is -2.03. The lowest BCUT2D eigenvalue weighted by molar-refractivity contribution is -0.384. The second-order valence-electron chi connectivity index (χ2n) is 3.80. The van der Waals surface area contributed by atoms with Crippen molar-refractivity contribution in [3.63, 3.8) is 0 Å². The van der Waals surface area contributed by atoms with Crippen LogP contribution in [0.2, 0.25) is 5.02 Å². The van der Waals surface area contributed by atoms with Crippen LogP contribution in [0.25, 0.3) is 5.69 Å². The number of hydrogen-bond acceptors (Lipinski definition) is 4. The molecule has 19 heavy (non-hydrogen) atoms. The summed E-state index contributed by atoms with van der Waals surface area (Å²) in [4.78, 5) is 20.9. The first-order chi connectivity index (χ1) is 8.90. The first-order valence-electron chi connectivity index (χ1n) is 5.14. The van der Waals surface area contributed by atoms with Gasteiger partial charge in [-0.1, -0.05) is 11.6 Å². The highest BCUT2D eigenvalue weighted by atomic mass is 35.5. The van der Waals surface area contributed by atoms with Crippen molar-refractivity contribution < 1.29 is 14.8 Å². The van der Waals surface area contributed by atoms with Crippen LogP contribution in [-0.2, 0) is 0 Å². The van der Waals surface area contributed by atoms with E-state index in [4.69, 9.17) is 16.7 Å². The third kappa shape index (κ3) is 2.41. The van der Waals surface area contributed by atoms with E-state index in [1.807, 2.05) is 0 Å².